The van der Waals surface area contributed by atoms with E-state index in [0.717, 1.165) is 53.7 Å². The third-order valence-electron chi connectivity index (χ3n) is 7.58. The third-order valence-corrected chi connectivity index (χ3v) is 7.58. The second-order valence-electron chi connectivity index (χ2n) is 9.98. The summed E-state index contributed by atoms with van der Waals surface area (Å²) in [5, 5.41) is 4.30. The van der Waals surface area contributed by atoms with Crippen LogP contribution in [0, 0.1) is 23.2 Å². The Morgan fingerprint density at radius 2 is 1.47 bits per heavy atom. The second kappa shape index (κ2) is 8.53. The van der Waals surface area contributed by atoms with E-state index in [1.807, 2.05) is 36.4 Å². The number of ether oxygens (including phenoxy) is 1. The van der Waals surface area contributed by atoms with E-state index in [1.54, 1.807) is 18.3 Å². The summed E-state index contributed by atoms with van der Waals surface area (Å²) in [5.74, 6) is 2.53. The number of rotatable bonds is 5. The summed E-state index contributed by atoms with van der Waals surface area (Å²) in [6.45, 7) is 1.39. The number of hydrazone groups is 1. The van der Waals surface area contributed by atoms with Crippen molar-refractivity contribution in [2.75, 3.05) is 0 Å². The van der Waals surface area contributed by atoms with Crippen molar-refractivity contribution in [3.63, 3.8) is 0 Å². The highest BCUT2D eigenvalue weighted by Crippen LogP contribution is 2.57. The number of hydrogen-bond donors (Lipinski definition) is 1. The molecule has 4 fully saturated rings. The first-order valence-corrected chi connectivity index (χ1v) is 11.7. The Morgan fingerprint density at radius 3 is 2.06 bits per heavy atom. The zero-order valence-corrected chi connectivity index (χ0v) is 18.5. The molecule has 1 amide bonds. The van der Waals surface area contributed by atoms with Crippen molar-refractivity contribution in [3.05, 3.63) is 54.1 Å². The first-order chi connectivity index (χ1) is 15.5. The average Bonchev–Trinajstić information content (AvgIpc) is 3.00. The average molecular weight is 431 g/mol. The van der Waals surface area contributed by atoms with Gasteiger partial charge in [-0.2, -0.15) is 5.10 Å². The summed E-state index contributed by atoms with van der Waals surface area (Å²) in [7, 11) is 0. The van der Waals surface area contributed by atoms with Crippen LogP contribution in [0.3, 0.4) is 0 Å². The number of nitrogens with zero attached hydrogens (tertiary/aromatic N) is 1. The number of carbonyl (C=O) groups is 2. The normalized spacial score (nSPS) is 28.5. The van der Waals surface area contributed by atoms with Crippen LogP contribution in [0.25, 0.3) is 11.1 Å². The molecule has 0 saturated heterocycles. The summed E-state index contributed by atoms with van der Waals surface area (Å²) in [6, 6.07) is 15.4. The summed E-state index contributed by atoms with van der Waals surface area (Å²) in [6.07, 6.45) is 10.1. The fourth-order valence-corrected chi connectivity index (χ4v) is 6.40. The van der Waals surface area contributed by atoms with Gasteiger partial charge in [-0.15, -0.1) is 0 Å². The first-order valence-electron chi connectivity index (χ1n) is 11.7. The molecule has 0 aromatic heterocycles. The van der Waals surface area contributed by atoms with Gasteiger partial charge >= 0.3 is 5.97 Å². The molecule has 2 aromatic carbocycles. The third kappa shape index (κ3) is 4.34. The van der Waals surface area contributed by atoms with Crippen LogP contribution in [-0.4, -0.2) is 18.1 Å². The van der Waals surface area contributed by atoms with Crippen molar-refractivity contribution < 1.29 is 14.3 Å². The topological polar surface area (TPSA) is 67.8 Å². The maximum absolute atomic E-state index is 13.1. The van der Waals surface area contributed by atoms with Crippen molar-refractivity contribution in [2.45, 2.75) is 51.9 Å². The van der Waals surface area contributed by atoms with Gasteiger partial charge < -0.3 is 4.74 Å². The highest BCUT2D eigenvalue weighted by atomic mass is 16.5. The maximum Gasteiger partial charge on any atom is 0.308 e. The molecule has 0 radical (unpaired) electrons. The molecule has 2 aromatic rings. The van der Waals surface area contributed by atoms with Crippen molar-refractivity contribution in [1.82, 2.24) is 5.43 Å². The summed E-state index contributed by atoms with van der Waals surface area (Å²) in [4.78, 5) is 24.2. The molecule has 0 aliphatic heterocycles. The molecule has 4 saturated carbocycles. The molecule has 6 rings (SSSR count). The van der Waals surface area contributed by atoms with Crippen LogP contribution in [0.4, 0.5) is 0 Å². The van der Waals surface area contributed by atoms with Crippen LogP contribution >= 0.6 is 0 Å². The van der Waals surface area contributed by atoms with E-state index in [1.165, 1.54) is 32.6 Å². The van der Waals surface area contributed by atoms with Crippen LogP contribution in [0.15, 0.2) is 53.6 Å². The van der Waals surface area contributed by atoms with Crippen molar-refractivity contribution in [1.29, 1.82) is 0 Å². The Bertz CT molecular complexity index is 1010. The highest BCUT2D eigenvalue weighted by molar-refractivity contribution is 5.86. The largest absolute Gasteiger partial charge is 0.427 e. The molecule has 5 heteroatoms. The number of benzene rings is 2. The SMILES string of the molecule is CC(=O)Oc1ccc(-c2ccc(/C=N\NC(=O)C34CC5C[C@@H](CC[C@H](C5)C3)C4)cc2)cc1. The molecular formula is C27H30N2O3. The fourth-order valence-electron chi connectivity index (χ4n) is 6.40. The molecule has 0 heterocycles. The van der Waals surface area contributed by atoms with Gasteiger partial charge in [-0.1, -0.05) is 49.2 Å². The molecule has 5 nitrogen and oxygen atoms in total. The van der Waals surface area contributed by atoms with Crippen molar-refractivity contribution in [3.8, 4) is 16.9 Å². The zero-order valence-electron chi connectivity index (χ0n) is 18.5. The molecule has 2 atom stereocenters. The Balaban J connectivity index is 1.21. The molecule has 32 heavy (non-hydrogen) atoms. The lowest BCUT2D eigenvalue weighted by Crippen LogP contribution is -2.47. The Kier molecular flexibility index (Phi) is 5.58. The second-order valence-corrected chi connectivity index (χ2v) is 9.98. The van der Waals surface area contributed by atoms with E-state index >= 15 is 0 Å². The van der Waals surface area contributed by atoms with E-state index in [9.17, 15) is 9.59 Å². The lowest BCUT2D eigenvalue weighted by Gasteiger charge is -2.46. The summed E-state index contributed by atoms with van der Waals surface area (Å²) < 4.78 is 5.08. The van der Waals surface area contributed by atoms with Gasteiger partial charge in [0.1, 0.15) is 5.75 Å². The van der Waals surface area contributed by atoms with Crippen LogP contribution in [-0.2, 0) is 9.59 Å². The molecular weight excluding hydrogens is 400 g/mol. The van der Waals surface area contributed by atoms with E-state index in [0.29, 0.717) is 5.75 Å². The zero-order chi connectivity index (χ0) is 22.1. The molecule has 0 unspecified atom stereocenters. The predicted octanol–water partition coefficient (Wildman–Crippen LogP) is 5.34. The van der Waals surface area contributed by atoms with Crippen LogP contribution < -0.4 is 10.2 Å². The standard InChI is InChI=1S/C27H30N2O3/c1-18(30)32-25-10-8-24(9-11-25)23-6-4-19(5-7-23)17-28-29-26(31)27-14-20-2-3-21(15-27)13-22(12-20)16-27/h4-11,17,20-22H,2-3,12-16H2,1H3,(H,29,31)/b28-17-/t20-,21-,22?,27?/m1/s1. The van der Waals surface area contributed by atoms with E-state index < -0.39 is 0 Å². The Labute approximate surface area is 189 Å². The van der Waals surface area contributed by atoms with Crippen molar-refractivity contribution >= 4 is 18.1 Å². The number of amides is 1. The fraction of sp³-hybridized carbons (Fsp3) is 0.444. The number of nitrogens with one attached hydrogen (secondary N) is 1. The minimum absolute atomic E-state index is 0.125. The molecule has 4 aliphatic carbocycles. The maximum atomic E-state index is 13.1. The van der Waals surface area contributed by atoms with Gasteiger partial charge in [0.2, 0.25) is 5.91 Å². The summed E-state index contributed by atoms with van der Waals surface area (Å²) >= 11 is 0. The van der Waals surface area contributed by atoms with Gasteiger partial charge in [-0.25, -0.2) is 5.43 Å². The van der Waals surface area contributed by atoms with Gasteiger partial charge in [0.25, 0.3) is 0 Å². The minimum atomic E-state index is -0.327. The van der Waals surface area contributed by atoms with Crippen LogP contribution in [0.1, 0.15) is 57.4 Å². The molecule has 1 N–H and O–H groups in total. The molecule has 4 aliphatic rings. The van der Waals surface area contributed by atoms with Crippen LogP contribution in [0.2, 0.25) is 0 Å². The smallest absolute Gasteiger partial charge is 0.308 e. The lowest BCUT2D eigenvalue weighted by atomic mass is 9.58. The highest BCUT2D eigenvalue weighted by Gasteiger charge is 2.52. The molecule has 4 bridgehead atoms. The minimum Gasteiger partial charge on any atom is -0.427 e. The van der Waals surface area contributed by atoms with Crippen LogP contribution in [0.5, 0.6) is 5.75 Å². The monoisotopic (exact) mass is 430 g/mol. The predicted molar refractivity (Wildman–Crippen MR) is 124 cm³/mol. The van der Waals surface area contributed by atoms with Gasteiger partial charge in [-0.3, -0.25) is 9.59 Å². The number of esters is 1. The van der Waals surface area contributed by atoms with Gasteiger partial charge in [0.15, 0.2) is 0 Å². The lowest BCUT2D eigenvalue weighted by molar-refractivity contribution is -0.138. The van der Waals surface area contributed by atoms with E-state index in [4.69, 9.17) is 4.74 Å². The summed E-state index contributed by atoms with van der Waals surface area (Å²) in [5.41, 5.74) is 5.72. The first kappa shape index (κ1) is 20.9. The number of fused-ring (bicyclic) bond motifs is 1. The quantitative estimate of drug-likeness (QED) is 0.301. The van der Waals surface area contributed by atoms with Gasteiger partial charge in [0, 0.05) is 6.92 Å². The van der Waals surface area contributed by atoms with E-state index in [2.05, 4.69) is 10.5 Å². The van der Waals surface area contributed by atoms with Gasteiger partial charge in [-0.05, 0) is 78.7 Å². The van der Waals surface area contributed by atoms with E-state index in [-0.39, 0.29) is 17.3 Å². The Hall–Kier alpha value is -2.95. The Morgan fingerprint density at radius 1 is 0.906 bits per heavy atom. The molecule has 0 spiro atoms. The number of hydrogen-bond acceptors (Lipinski definition) is 4. The number of carbonyl (C=O) groups excluding carboxylic acids is 2. The molecule has 166 valence electrons. The van der Waals surface area contributed by atoms with Crippen molar-refractivity contribution in [2.24, 2.45) is 28.3 Å². The van der Waals surface area contributed by atoms with Gasteiger partial charge in [0.05, 0.1) is 11.6 Å².